The van der Waals surface area contributed by atoms with Crippen molar-refractivity contribution in [3.63, 3.8) is 0 Å². The summed E-state index contributed by atoms with van der Waals surface area (Å²) in [5, 5.41) is 6.38. The second kappa shape index (κ2) is 7.80. The van der Waals surface area contributed by atoms with E-state index >= 15 is 0 Å². The van der Waals surface area contributed by atoms with Crippen LogP contribution in [0.5, 0.6) is 5.75 Å². The lowest BCUT2D eigenvalue weighted by molar-refractivity contribution is 0.134. The van der Waals surface area contributed by atoms with Crippen LogP contribution in [-0.4, -0.2) is 67.7 Å². The zero-order valence-electron chi connectivity index (χ0n) is 17.5. The number of carbonyl (C=O) groups is 1. The molecule has 4 saturated carbocycles. The number of rotatable bonds is 6. The molecule has 4 aliphatic carbocycles. The lowest BCUT2D eigenvalue weighted by Crippen LogP contribution is -2.51. The van der Waals surface area contributed by atoms with E-state index < -0.39 is 0 Å². The Kier molecular flexibility index (Phi) is 5.16. The molecule has 2 unspecified atom stereocenters. The van der Waals surface area contributed by atoms with Gasteiger partial charge in [0.15, 0.2) is 0 Å². The zero-order chi connectivity index (χ0) is 19.8. The SMILES string of the molecule is CN1CCN(CCOc2cccc(NC(=O)NC34CC5CC(C3)C(C5)C4)c2)CC1. The minimum Gasteiger partial charge on any atom is -0.492 e. The van der Waals surface area contributed by atoms with E-state index in [9.17, 15) is 4.79 Å². The molecule has 1 saturated heterocycles. The first-order valence-electron chi connectivity index (χ1n) is 11.3. The molecule has 1 aromatic rings. The van der Waals surface area contributed by atoms with E-state index in [-0.39, 0.29) is 11.6 Å². The maximum atomic E-state index is 12.7. The molecule has 158 valence electrons. The van der Waals surface area contributed by atoms with Gasteiger partial charge in [-0.1, -0.05) is 6.07 Å². The average Bonchev–Trinajstić information content (AvgIpc) is 3.09. The van der Waals surface area contributed by atoms with E-state index in [1.807, 2.05) is 24.3 Å². The maximum absolute atomic E-state index is 12.7. The third-order valence-electron chi connectivity index (χ3n) is 7.67. The first-order chi connectivity index (χ1) is 14.1. The van der Waals surface area contributed by atoms with Crippen LogP contribution >= 0.6 is 0 Å². The van der Waals surface area contributed by atoms with E-state index in [4.69, 9.17) is 4.74 Å². The second-order valence-corrected chi connectivity index (χ2v) is 9.85. The highest BCUT2D eigenvalue weighted by Crippen LogP contribution is 2.59. The van der Waals surface area contributed by atoms with Gasteiger partial charge >= 0.3 is 6.03 Å². The van der Waals surface area contributed by atoms with Crippen molar-refractivity contribution in [1.29, 1.82) is 0 Å². The van der Waals surface area contributed by atoms with Crippen molar-refractivity contribution in [2.45, 2.75) is 37.6 Å². The second-order valence-electron chi connectivity index (χ2n) is 9.85. The van der Waals surface area contributed by atoms with Gasteiger partial charge in [0.25, 0.3) is 0 Å². The summed E-state index contributed by atoms with van der Waals surface area (Å²) >= 11 is 0. The normalized spacial score (nSPS) is 33.8. The van der Waals surface area contributed by atoms with E-state index in [1.165, 1.54) is 32.1 Å². The highest BCUT2D eigenvalue weighted by atomic mass is 16.5. The molecule has 1 heterocycles. The number of amides is 2. The summed E-state index contributed by atoms with van der Waals surface area (Å²) in [5.74, 6) is 3.36. The quantitative estimate of drug-likeness (QED) is 0.773. The summed E-state index contributed by atoms with van der Waals surface area (Å²) < 4.78 is 5.95. The number of hydrogen-bond donors (Lipinski definition) is 2. The Morgan fingerprint density at radius 2 is 1.90 bits per heavy atom. The highest BCUT2D eigenvalue weighted by molar-refractivity contribution is 5.90. The van der Waals surface area contributed by atoms with Crippen LogP contribution < -0.4 is 15.4 Å². The van der Waals surface area contributed by atoms with Crippen LogP contribution in [0.15, 0.2) is 24.3 Å². The molecule has 6 rings (SSSR count). The Labute approximate surface area is 174 Å². The van der Waals surface area contributed by atoms with E-state index in [0.717, 1.165) is 61.9 Å². The summed E-state index contributed by atoms with van der Waals surface area (Å²) in [6, 6.07) is 7.70. The first kappa shape index (κ1) is 19.2. The molecular weight excluding hydrogens is 364 g/mol. The van der Waals surface area contributed by atoms with E-state index in [1.54, 1.807) is 0 Å². The lowest BCUT2D eigenvalue weighted by Gasteiger charge is -2.39. The molecule has 29 heavy (non-hydrogen) atoms. The fraction of sp³-hybridized carbons (Fsp3) is 0.696. The summed E-state index contributed by atoms with van der Waals surface area (Å²) in [4.78, 5) is 17.5. The van der Waals surface area contributed by atoms with Gasteiger partial charge in [-0.3, -0.25) is 4.90 Å². The molecule has 1 aliphatic heterocycles. The van der Waals surface area contributed by atoms with Crippen LogP contribution in [0.3, 0.4) is 0 Å². The predicted octanol–water partition coefficient (Wildman–Crippen LogP) is 3.01. The molecule has 0 radical (unpaired) electrons. The minimum atomic E-state index is -0.0680. The van der Waals surface area contributed by atoms with Gasteiger partial charge in [-0.15, -0.1) is 0 Å². The van der Waals surface area contributed by atoms with Crippen molar-refractivity contribution in [1.82, 2.24) is 15.1 Å². The molecular formula is C23H34N4O2. The highest BCUT2D eigenvalue weighted by Gasteiger charge is 2.56. The number of piperazine rings is 1. The molecule has 6 heteroatoms. The van der Waals surface area contributed by atoms with Crippen LogP contribution in [0.1, 0.15) is 32.1 Å². The Bertz CT molecular complexity index is 727. The van der Waals surface area contributed by atoms with E-state index in [0.29, 0.717) is 6.61 Å². The Morgan fingerprint density at radius 3 is 2.62 bits per heavy atom. The van der Waals surface area contributed by atoms with Gasteiger partial charge in [-0.25, -0.2) is 4.79 Å². The minimum absolute atomic E-state index is 0.0528. The number of likely N-dealkylation sites (N-methyl/N-ethyl adjacent to an activating group) is 1. The number of carbonyl (C=O) groups excluding carboxylic acids is 1. The van der Waals surface area contributed by atoms with Gasteiger partial charge in [0.2, 0.25) is 0 Å². The van der Waals surface area contributed by atoms with Crippen molar-refractivity contribution in [3.8, 4) is 5.75 Å². The molecule has 4 bridgehead atoms. The van der Waals surface area contributed by atoms with Gasteiger partial charge in [0.05, 0.1) is 0 Å². The topological polar surface area (TPSA) is 56.8 Å². The third-order valence-corrected chi connectivity index (χ3v) is 7.67. The Morgan fingerprint density at radius 1 is 1.14 bits per heavy atom. The largest absolute Gasteiger partial charge is 0.492 e. The van der Waals surface area contributed by atoms with Gasteiger partial charge < -0.3 is 20.3 Å². The molecule has 2 N–H and O–H groups in total. The first-order valence-corrected chi connectivity index (χ1v) is 11.3. The Balaban J connectivity index is 1.10. The van der Waals surface area contributed by atoms with Crippen LogP contribution in [0.2, 0.25) is 0 Å². The van der Waals surface area contributed by atoms with E-state index in [2.05, 4.69) is 27.5 Å². The predicted molar refractivity (Wildman–Crippen MR) is 114 cm³/mol. The standard InChI is InChI=1S/C23H34N4O2/c1-26-5-7-27(8-6-26)9-10-29-21-4-2-3-20(13-21)24-22(28)25-23-14-17-11-18(15-23)19(12-17)16-23/h2-4,13,17-19H,5-12,14-16H2,1H3,(H2,24,25,28). The summed E-state index contributed by atoms with van der Waals surface area (Å²) in [5.41, 5.74) is 0.850. The van der Waals surface area contributed by atoms with Crippen molar-refractivity contribution in [3.05, 3.63) is 24.3 Å². The van der Waals surface area contributed by atoms with Gasteiger partial charge in [0.1, 0.15) is 12.4 Å². The van der Waals surface area contributed by atoms with Crippen LogP contribution in [-0.2, 0) is 0 Å². The molecule has 6 nitrogen and oxygen atoms in total. The summed E-state index contributed by atoms with van der Waals surface area (Å²) in [6.07, 6.45) is 6.31. The molecule has 2 atom stereocenters. The smallest absolute Gasteiger partial charge is 0.319 e. The van der Waals surface area contributed by atoms with Crippen LogP contribution in [0, 0.1) is 17.8 Å². The Hall–Kier alpha value is -1.79. The van der Waals surface area contributed by atoms with Crippen molar-refractivity contribution in [2.24, 2.45) is 17.8 Å². The average molecular weight is 399 g/mol. The van der Waals surface area contributed by atoms with Crippen molar-refractivity contribution < 1.29 is 9.53 Å². The number of urea groups is 1. The molecule has 0 aromatic heterocycles. The monoisotopic (exact) mass is 398 g/mol. The number of benzene rings is 1. The van der Waals surface area contributed by atoms with Crippen molar-refractivity contribution >= 4 is 11.7 Å². The summed E-state index contributed by atoms with van der Waals surface area (Å²) in [7, 11) is 2.17. The molecule has 2 amide bonds. The van der Waals surface area contributed by atoms with Crippen molar-refractivity contribution in [2.75, 3.05) is 51.7 Å². The molecule has 5 fully saturated rings. The van der Waals surface area contributed by atoms with Crippen LogP contribution in [0.25, 0.3) is 0 Å². The van der Waals surface area contributed by atoms with Crippen LogP contribution in [0.4, 0.5) is 10.5 Å². The van der Waals surface area contributed by atoms with Gasteiger partial charge in [0, 0.05) is 50.0 Å². The zero-order valence-corrected chi connectivity index (χ0v) is 17.5. The molecule has 1 aromatic carbocycles. The number of nitrogens with zero attached hydrogens (tertiary/aromatic N) is 2. The fourth-order valence-corrected chi connectivity index (χ4v) is 6.39. The number of anilines is 1. The summed E-state index contributed by atoms with van der Waals surface area (Å²) in [6.45, 7) is 6.07. The third kappa shape index (κ3) is 4.24. The van der Waals surface area contributed by atoms with Gasteiger partial charge in [-0.2, -0.15) is 0 Å². The number of hydrogen-bond acceptors (Lipinski definition) is 4. The number of nitrogens with one attached hydrogen (secondary N) is 2. The fourth-order valence-electron chi connectivity index (χ4n) is 6.39. The lowest BCUT2D eigenvalue weighted by atomic mass is 9.76. The van der Waals surface area contributed by atoms with Gasteiger partial charge in [-0.05, 0) is 69.0 Å². The maximum Gasteiger partial charge on any atom is 0.319 e. The molecule has 5 aliphatic rings. The molecule has 0 spiro atoms. The number of ether oxygens (including phenoxy) is 1.